The van der Waals surface area contributed by atoms with Gasteiger partial charge in [0.25, 0.3) is 0 Å². The van der Waals surface area contributed by atoms with Gasteiger partial charge in [0.2, 0.25) is 0 Å². The maximum Gasteiger partial charge on any atom is 0.327 e. The zero-order valence-corrected chi connectivity index (χ0v) is 11.7. The van der Waals surface area contributed by atoms with Gasteiger partial charge in [-0.05, 0) is 62.7 Å². The lowest BCUT2D eigenvalue weighted by atomic mass is 9.55. The van der Waals surface area contributed by atoms with Gasteiger partial charge < -0.3 is 9.05 Å². The van der Waals surface area contributed by atoms with Crippen molar-refractivity contribution in [2.24, 2.45) is 23.7 Å². The first kappa shape index (κ1) is 12.2. The molecule has 4 heteroatoms. The van der Waals surface area contributed by atoms with Crippen LogP contribution in [0.15, 0.2) is 0 Å². The summed E-state index contributed by atoms with van der Waals surface area (Å²) in [5.41, 5.74) is 0. The minimum absolute atomic E-state index is 0.213. The summed E-state index contributed by atoms with van der Waals surface area (Å²) in [5.74, 6) is 3.17. The molecule has 0 spiro atoms. The molecule has 3 nitrogen and oxygen atoms in total. The van der Waals surface area contributed by atoms with Gasteiger partial charge in [-0.2, -0.15) is 0 Å². The van der Waals surface area contributed by atoms with E-state index in [1.165, 1.54) is 32.1 Å². The molecule has 1 atom stereocenters. The Hall–Kier alpha value is 0.150. The molecule has 0 aromatic carbocycles. The van der Waals surface area contributed by atoms with Crippen molar-refractivity contribution in [2.45, 2.75) is 45.1 Å². The molecule has 17 heavy (non-hydrogen) atoms. The van der Waals surface area contributed by atoms with Gasteiger partial charge in [-0.15, -0.1) is 0 Å². The number of hydrogen-bond donors (Lipinski definition) is 0. The zero-order chi connectivity index (χ0) is 12.0. The second-order valence-corrected chi connectivity index (χ2v) is 8.20. The summed E-state index contributed by atoms with van der Waals surface area (Å²) >= 11 is 0. The molecule has 0 aromatic rings. The van der Waals surface area contributed by atoms with Gasteiger partial charge >= 0.3 is 7.60 Å². The van der Waals surface area contributed by atoms with E-state index in [0.29, 0.717) is 18.4 Å². The fraction of sp³-hybridized carbons (Fsp3) is 1.00. The monoisotopic (exact) mass is 258 g/mol. The molecule has 98 valence electrons. The highest BCUT2D eigenvalue weighted by Crippen LogP contribution is 2.58. The third-order valence-electron chi connectivity index (χ3n) is 4.82. The minimum Gasteiger partial charge on any atom is -0.309 e. The summed E-state index contributed by atoms with van der Waals surface area (Å²) in [6, 6.07) is 0. The topological polar surface area (TPSA) is 35.5 Å². The summed E-state index contributed by atoms with van der Waals surface area (Å²) in [6.45, 7) is 3.97. The summed E-state index contributed by atoms with van der Waals surface area (Å²) in [7, 11) is -2.82. The van der Waals surface area contributed by atoms with E-state index < -0.39 is 7.60 Å². The molecule has 4 rings (SSSR count). The highest BCUT2D eigenvalue weighted by molar-refractivity contribution is 7.53. The van der Waals surface area contributed by atoms with Crippen molar-refractivity contribution in [3.05, 3.63) is 0 Å². The molecule has 4 fully saturated rings. The van der Waals surface area contributed by atoms with Crippen LogP contribution in [0.25, 0.3) is 0 Å². The molecular weight excluding hydrogens is 235 g/mol. The molecule has 4 bridgehead atoms. The van der Waals surface area contributed by atoms with Gasteiger partial charge in [-0.3, -0.25) is 4.57 Å². The van der Waals surface area contributed by atoms with Crippen molar-refractivity contribution < 1.29 is 13.6 Å². The normalized spacial score (nSPS) is 47.1. The van der Waals surface area contributed by atoms with E-state index in [-0.39, 0.29) is 6.10 Å². The minimum atomic E-state index is -2.82. The lowest BCUT2D eigenvalue weighted by molar-refractivity contribution is -0.0832. The maximum atomic E-state index is 12.2. The number of hydrogen-bond acceptors (Lipinski definition) is 3. The van der Waals surface area contributed by atoms with Crippen LogP contribution in [0.4, 0.5) is 0 Å². The van der Waals surface area contributed by atoms with Crippen molar-refractivity contribution in [3.8, 4) is 0 Å². The molecule has 0 amide bonds. The molecule has 0 aliphatic heterocycles. The van der Waals surface area contributed by atoms with Crippen LogP contribution in [0.2, 0.25) is 0 Å². The Kier molecular flexibility index (Phi) is 3.13. The van der Waals surface area contributed by atoms with Crippen LogP contribution >= 0.6 is 7.60 Å². The predicted molar refractivity (Wildman–Crippen MR) is 67.1 cm³/mol. The van der Waals surface area contributed by atoms with Gasteiger partial charge in [0.15, 0.2) is 0 Å². The fourth-order valence-corrected chi connectivity index (χ4v) is 5.85. The van der Waals surface area contributed by atoms with Crippen molar-refractivity contribution in [3.63, 3.8) is 0 Å². The molecule has 0 saturated heterocycles. The summed E-state index contributed by atoms with van der Waals surface area (Å²) in [5, 5.41) is 0. The first-order chi connectivity index (χ1) is 8.07. The lowest BCUT2D eigenvalue weighted by Gasteiger charge is -2.54. The third-order valence-corrected chi connectivity index (χ3v) is 6.17. The van der Waals surface area contributed by atoms with E-state index in [4.69, 9.17) is 9.05 Å². The van der Waals surface area contributed by atoms with E-state index in [9.17, 15) is 4.57 Å². The molecule has 0 radical (unpaired) electrons. The van der Waals surface area contributed by atoms with Gasteiger partial charge in [0, 0.05) is 6.66 Å². The Morgan fingerprint density at radius 1 is 1.06 bits per heavy atom. The molecule has 4 aliphatic rings. The average molecular weight is 258 g/mol. The summed E-state index contributed by atoms with van der Waals surface area (Å²) < 4.78 is 23.3. The molecule has 0 aromatic heterocycles. The molecule has 1 unspecified atom stereocenters. The summed E-state index contributed by atoms with van der Waals surface area (Å²) in [6.07, 6.45) is 6.83. The highest BCUT2D eigenvalue weighted by Gasteiger charge is 2.50. The molecular formula is C13H23O3P. The molecule has 0 heterocycles. The Balaban J connectivity index is 1.70. The zero-order valence-electron chi connectivity index (χ0n) is 10.8. The van der Waals surface area contributed by atoms with Gasteiger partial charge in [0.1, 0.15) is 0 Å². The van der Waals surface area contributed by atoms with Crippen LogP contribution in [0.1, 0.15) is 39.0 Å². The Morgan fingerprint density at radius 3 is 2.06 bits per heavy atom. The van der Waals surface area contributed by atoms with Crippen LogP contribution in [0.5, 0.6) is 0 Å². The second-order valence-electron chi connectivity index (χ2n) is 6.19. The Bertz CT molecular complexity index is 314. The van der Waals surface area contributed by atoms with Gasteiger partial charge in [-0.1, -0.05) is 0 Å². The standard InChI is InChI=1S/C13H23O3P/c1-3-15-17(2,14)16-13-11-5-9-4-10(7-11)8-12(13)6-9/h9-13H,3-8H2,1-2H3. The van der Waals surface area contributed by atoms with E-state index in [1.54, 1.807) is 6.66 Å². The average Bonchev–Trinajstić information content (AvgIpc) is 2.22. The van der Waals surface area contributed by atoms with E-state index >= 15 is 0 Å². The van der Waals surface area contributed by atoms with Crippen LogP contribution in [0.3, 0.4) is 0 Å². The van der Waals surface area contributed by atoms with E-state index in [0.717, 1.165) is 11.8 Å². The quantitative estimate of drug-likeness (QED) is 0.721. The predicted octanol–water partition coefficient (Wildman–Crippen LogP) is 3.69. The van der Waals surface area contributed by atoms with Gasteiger partial charge in [0.05, 0.1) is 12.7 Å². The summed E-state index contributed by atoms with van der Waals surface area (Å²) in [4.78, 5) is 0. The molecule has 4 aliphatic carbocycles. The fourth-order valence-electron chi connectivity index (χ4n) is 4.53. The Labute approximate surface area is 104 Å². The highest BCUT2D eigenvalue weighted by atomic mass is 31.2. The first-order valence-electron chi connectivity index (χ1n) is 6.98. The molecule has 0 N–H and O–H groups in total. The second kappa shape index (κ2) is 4.36. The van der Waals surface area contributed by atoms with E-state index in [1.807, 2.05) is 6.92 Å². The number of rotatable bonds is 4. The smallest absolute Gasteiger partial charge is 0.309 e. The molecule has 4 saturated carbocycles. The van der Waals surface area contributed by atoms with Gasteiger partial charge in [-0.25, -0.2) is 0 Å². The Morgan fingerprint density at radius 2 is 1.59 bits per heavy atom. The van der Waals surface area contributed by atoms with Crippen molar-refractivity contribution >= 4 is 7.60 Å². The van der Waals surface area contributed by atoms with Crippen molar-refractivity contribution in [2.75, 3.05) is 13.3 Å². The van der Waals surface area contributed by atoms with Crippen LogP contribution < -0.4 is 0 Å². The van der Waals surface area contributed by atoms with Crippen LogP contribution in [-0.2, 0) is 13.6 Å². The SMILES string of the molecule is CCOP(C)(=O)OC1C2CC3CC(C2)CC1C3. The van der Waals surface area contributed by atoms with Crippen molar-refractivity contribution in [1.82, 2.24) is 0 Å². The first-order valence-corrected chi connectivity index (χ1v) is 8.97. The van der Waals surface area contributed by atoms with Crippen molar-refractivity contribution in [1.29, 1.82) is 0 Å². The van der Waals surface area contributed by atoms with E-state index in [2.05, 4.69) is 0 Å². The third kappa shape index (κ3) is 2.34. The maximum absolute atomic E-state index is 12.2. The largest absolute Gasteiger partial charge is 0.327 e. The van der Waals surface area contributed by atoms with Crippen LogP contribution in [0, 0.1) is 23.7 Å². The van der Waals surface area contributed by atoms with Crippen LogP contribution in [-0.4, -0.2) is 19.4 Å². The lowest BCUT2D eigenvalue weighted by Crippen LogP contribution is -2.49.